The van der Waals surface area contributed by atoms with Gasteiger partial charge in [0.1, 0.15) is 0 Å². The van der Waals surface area contributed by atoms with Gasteiger partial charge in [0, 0.05) is 42.2 Å². The molecule has 0 bridgehead atoms. The van der Waals surface area contributed by atoms with Crippen LogP contribution >= 0.6 is 0 Å². The van der Waals surface area contributed by atoms with E-state index < -0.39 is 23.5 Å². The maximum atomic E-state index is 13.7. The molecule has 4 rings (SSSR count). The summed E-state index contributed by atoms with van der Waals surface area (Å²) in [5.74, 6) is -1.87. The lowest BCUT2D eigenvalue weighted by Crippen LogP contribution is -3.05. The molecule has 8 heteroatoms. The van der Waals surface area contributed by atoms with Gasteiger partial charge in [0.2, 0.25) is 5.78 Å². The van der Waals surface area contributed by atoms with E-state index >= 15 is 0 Å². The van der Waals surface area contributed by atoms with Gasteiger partial charge in [-0.2, -0.15) is 5.10 Å². The van der Waals surface area contributed by atoms with Crippen molar-refractivity contribution in [1.82, 2.24) is 19.7 Å². The summed E-state index contributed by atoms with van der Waals surface area (Å²) in [5, 5.41) is 18.0. The second-order valence-corrected chi connectivity index (χ2v) is 8.46. The van der Waals surface area contributed by atoms with Crippen molar-refractivity contribution in [2.75, 3.05) is 27.2 Å². The van der Waals surface area contributed by atoms with E-state index in [-0.39, 0.29) is 5.57 Å². The lowest BCUT2D eigenvalue weighted by atomic mass is 9.96. The molecule has 1 unspecified atom stereocenters. The number of nitrogens with zero attached hydrogens (tertiary/aromatic N) is 4. The molecule has 3 aromatic rings. The molecule has 3 heterocycles. The summed E-state index contributed by atoms with van der Waals surface area (Å²) in [6.07, 6.45) is 5.41. The second-order valence-electron chi connectivity index (χ2n) is 8.46. The summed E-state index contributed by atoms with van der Waals surface area (Å²) >= 11 is 0. The van der Waals surface area contributed by atoms with Crippen molar-refractivity contribution in [3.05, 3.63) is 83.4 Å². The zero-order valence-electron chi connectivity index (χ0n) is 19.0. The van der Waals surface area contributed by atoms with Crippen molar-refractivity contribution >= 4 is 17.4 Å². The highest BCUT2D eigenvalue weighted by Crippen LogP contribution is 2.38. The predicted octanol–water partition coefficient (Wildman–Crippen LogP) is 0.334. The Hall–Kier alpha value is -3.78. The molecule has 0 radical (unpaired) electrons. The van der Waals surface area contributed by atoms with Gasteiger partial charge in [0.05, 0.1) is 38.6 Å². The molecule has 0 aliphatic carbocycles. The van der Waals surface area contributed by atoms with Crippen LogP contribution in [0.15, 0.2) is 66.6 Å². The average molecular weight is 446 g/mol. The monoisotopic (exact) mass is 445 g/mol. The number of para-hydroxylation sites is 1. The first-order valence-electron chi connectivity index (χ1n) is 11.0. The predicted molar refractivity (Wildman–Crippen MR) is 121 cm³/mol. The minimum absolute atomic E-state index is 0.0408. The highest BCUT2D eigenvalue weighted by Gasteiger charge is 2.44. The molecule has 2 aromatic heterocycles. The molecule has 1 atom stereocenters. The molecule has 33 heavy (non-hydrogen) atoms. The largest absolute Gasteiger partial charge is 0.872 e. The van der Waals surface area contributed by atoms with Gasteiger partial charge in [0.15, 0.2) is 0 Å². The molecule has 8 nitrogen and oxygen atoms in total. The Labute approximate surface area is 192 Å². The minimum atomic E-state index is -0.761. The quantitative estimate of drug-likeness (QED) is 0.321. The Bertz CT molecular complexity index is 1190. The normalized spacial score (nSPS) is 17.8. The number of benzene rings is 1. The summed E-state index contributed by atoms with van der Waals surface area (Å²) in [6.45, 7) is 3.00. The molecular weight excluding hydrogens is 418 g/mol. The number of ketones is 1. The van der Waals surface area contributed by atoms with E-state index in [9.17, 15) is 14.7 Å². The number of quaternary nitrogens is 1. The van der Waals surface area contributed by atoms with Gasteiger partial charge < -0.3 is 14.9 Å². The first kappa shape index (κ1) is 22.4. The fraction of sp³-hybridized carbons (Fsp3) is 0.280. The first-order valence-corrected chi connectivity index (χ1v) is 11.0. The highest BCUT2D eigenvalue weighted by molar-refractivity contribution is 6.46. The summed E-state index contributed by atoms with van der Waals surface area (Å²) in [6, 6.07) is 12.2. The van der Waals surface area contributed by atoms with Gasteiger partial charge in [0.25, 0.3) is 5.91 Å². The van der Waals surface area contributed by atoms with Crippen LogP contribution in [0.5, 0.6) is 0 Å². The van der Waals surface area contributed by atoms with Crippen molar-refractivity contribution in [1.29, 1.82) is 0 Å². The number of likely N-dealkylation sites (tertiary alicyclic amines) is 1. The maximum absolute atomic E-state index is 13.7. The first-order chi connectivity index (χ1) is 15.9. The van der Waals surface area contributed by atoms with Crippen LogP contribution in [0.2, 0.25) is 0 Å². The van der Waals surface area contributed by atoms with Gasteiger partial charge >= 0.3 is 0 Å². The third kappa shape index (κ3) is 4.29. The molecule has 170 valence electrons. The van der Waals surface area contributed by atoms with Crippen LogP contribution in [0.4, 0.5) is 0 Å². The molecule has 1 aliphatic heterocycles. The van der Waals surface area contributed by atoms with E-state index in [1.54, 1.807) is 36.1 Å². The van der Waals surface area contributed by atoms with Crippen molar-refractivity contribution in [2.45, 2.75) is 19.4 Å². The van der Waals surface area contributed by atoms with Crippen LogP contribution in [0.25, 0.3) is 11.4 Å². The average Bonchev–Trinajstić information content (AvgIpc) is 3.32. The Kier molecular flexibility index (Phi) is 6.37. The Morgan fingerprint density at radius 2 is 1.85 bits per heavy atom. The number of nitrogens with one attached hydrogen (secondary N) is 1. The lowest BCUT2D eigenvalue weighted by molar-refractivity contribution is -0.858. The number of carbonyl (C=O) groups is 2. The number of aromatic nitrogens is 3. The van der Waals surface area contributed by atoms with Gasteiger partial charge in [-0.1, -0.05) is 30.0 Å². The van der Waals surface area contributed by atoms with Crippen LogP contribution in [0, 0.1) is 6.92 Å². The maximum Gasteiger partial charge on any atom is 0.295 e. The number of Topliss-reactive ketones (excluding diaryl/α,β-unsaturated/α-hetero) is 1. The van der Waals surface area contributed by atoms with E-state index in [4.69, 9.17) is 0 Å². The van der Waals surface area contributed by atoms with Gasteiger partial charge in [-0.3, -0.25) is 14.6 Å². The summed E-state index contributed by atoms with van der Waals surface area (Å²) in [7, 11) is 4.06. The van der Waals surface area contributed by atoms with Gasteiger partial charge in [-0.25, -0.2) is 4.68 Å². The highest BCUT2D eigenvalue weighted by atomic mass is 16.3. The number of carbonyl (C=O) groups excluding carboxylic acids is 2. The van der Waals surface area contributed by atoms with Crippen LogP contribution in [0.1, 0.15) is 29.3 Å². The molecule has 0 spiro atoms. The Balaban J connectivity index is 1.79. The number of amides is 1. The van der Waals surface area contributed by atoms with Crippen molar-refractivity contribution in [3.63, 3.8) is 0 Å². The summed E-state index contributed by atoms with van der Waals surface area (Å²) in [5.41, 5.74) is 2.33. The summed E-state index contributed by atoms with van der Waals surface area (Å²) < 4.78 is 1.66. The number of pyridine rings is 1. The van der Waals surface area contributed by atoms with E-state index in [0.29, 0.717) is 29.8 Å². The minimum Gasteiger partial charge on any atom is -0.872 e. The molecule has 1 amide bonds. The van der Waals surface area contributed by atoms with Crippen LogP contribution in [-0.4, -0.2) is 58.5 Å². The molecule has 1 aromatic carbocycles. The fourth-order valence-corrected chi connectivity index (χ4v) is 4.20. The lowest BCUT2D eigenvalue weighted by Gasteiger charge is -2.27. The van der Waals surface area contributed by atoms with E-state index in [1.165, 1.54) is 16.0 Å². The molecule has 1 fully saturated rings. The summed E-state index contributed by atoms with van der Waals surface area (Å²) in [4.78, 5) is 33.0. The Morgan fingerprint density at radius 3 is 2.52 bits per heavy atom. The van der Waals surface area contributed by atoms with Crippen molar-refractivity contribution < 1.29 is 19.6 Å². The smallest absolute Gasteiger partial charge is 0.295 e. The van der Waals surface area contributed by atoms with E-state index in [1.807, 2.05) is 44.4 Å². The van der Waals surface area contributed by atoms with Crippen LogP contribution in [0.3, 0.4) is 0 Å². The standard InChI is InChI=1S/C25H27N5O3/c1-17-20(16-27-30(17)19-10-5-4-6-11-19)23(31)21-22(18-9-7-12-26-15-18)29(25(33)24(21)32)14-8-13-28(2)3/h4-7,9-12,15-16,22,31H,8,13-14H2,1-3H3. The molecule has 0 saturated carbocycles. The Morgan fingerprint density at radius 1 is 1.09 bits per heavy atom. The van der Waals surface area contributed by atoms with Crippen molar-refractivity contribution in [3.8, 4) is 5.69 Å². The SMILES string of the molecule is Cc1c(C([O-])=C2C(=O)C(=O)N(CCC[NH+](C)C)C2c2cccnc2)cnn1-c1ccccc1. The molecular formula is C25H27N5O3. The fourth-order valence-electron chi connectivity index (χ4n) is 4.20. The van der Waals surface area contributed by atoms with E-state index in [2.05, 4.69) is 10.1 Å². The van der Waals surface area contributed by atoms with Crippen molar-refractivity contribution in [2.24, 2.45) is 0 Å². The molecule has 1 saturated heterocycles. The number of rotatable bonds is 7. The molecule has 1 N–H and O–H groups in total. The number of hydrogen-bond donors (Lipinski definition) is 1. The topological polar surface area (TPSA) is 95.6 Å². The second kappa shape index (κ2) is 9.38. The van der Waals surface area contributed by atoms with Gasteiger partial charge in [-0.15, -0.1) is 0 Å². The van der Waals surface area contributed by atoms with Gasteiger partial charge in [-0.05, 0) is 30.7 Å². The number of hydrogen-bond acceptors (Lipinski definition) is 5. The zero-order chi connectivity index (χ0) is 23.5. The van der Waals surface area contributed by atoms with E-state index in [0.717, 1.165) is 12.2 Å². The zero-order valence-corrected chi connectivity index (χ0v) is 19.0. The third-order valence-electron chi connectivity index (χ3n) is 5.86. The third-order valence-corrected chi connectivity index (χ3v) is 5.86. The molecule has 1 aliphatic rings. The van der Waals surface area contributed by atoms with Crippen LogP contribution in [-0.2, 0) is 9.59 Å². The van der Waals surface area contributed by atoms with Crippen LogP contribution < -0.4 is 10.0 Å².